The Morgan fingerprint density at radius 1 is 1.26 bits per heavy atom. The van der Waals surface area contributed by atoms with Gasteiger partial charge >= 0.3 is 5.97 Å². The third kappa shape index (κ3) is 8.06. The molecule has 0 aliphatic rings. The molecule has 1 aromatic rings. The molecule has 1 N–H and O–H groups in total. The maximum Gasteiger partial charge on any atom is 0.307 e. The number of likely N-dealkylation sites (N-methyl/N-ethyl adjacent to an activating group) is 1. The maximum atomic E-state index is 12.1. The lowest BCUT2D eigenvalue weighted by molar-refractivity contribution is -0.151. The highest BCUT2D eigenvalue weighted by Crippen LogP contribution is 2.15. The van der Waals surface area contributed by atoms with Gasteiger partial charge in [-0.15, -0.1) is 0 Å². The normalized spacial score (nSPS) is 10.7. The van der Waals surface area contributed by atoms with E-state index in [1.165, 1.54) is 24.1 Å². The van der Waals surface area contributed by atoms with Crippen LogP contribution in [-0.4, -0.2) is 58.5 Å². The molecule has 0 saturated carbocycles. The first-order valence-corrected chi connectivity index (χ1v) is 9.77. The number of benzene rings is 1. The number of nitrogens with one attached hydrogen (secondary N) is 1. The molecule has 0 saturated heterocycles. The minimum absolute atomic E-state index is 0.0496. The van der Waals surface area contributed by atoms with E-state index in [1.54, 1.807) is 12.1 Å². The molecule has 0 fully saturated rings. The van der Waals surface area contributed by atoms with Gasteiger partial charge in [-0.05, 0) is 31.2 Å². The zero-order valence-corrected chi connectivity index (χ0v) is 16.1. The molecular weight excluding hydrogens is 374 g/mol. The summed E-state index contributed by atoms with van der Waals surface area (Å²) in [6.45, 7) is 1.93. The number of nitrogens with zero attached hydrogens (tertiary/aromatic N) is 2. The van der Waals surface area contributed by atoms with Crippen molar-refractivity contribution in [3.05, 3.63) is 24.3 Å². The van der Waals surface area contributed by atoms with Gasteiger partial charge < -0.3 is 14.4 Å². The van der Waals surface area contributed by atoms with Crippen molar-refractivity contribution in [3.63, 3.8) is 0 Å². The molecule has 1 aromatic carbocycles. The van der Waals surface area contributed by atoms with Crippen molar-refractivity contribution in [3.8, 4) is 11.8 Å². The van der Waals surface area contributed by atoms with E-state index in [0.717, 1.165) is 0 Å². The van der Waals surface area contributed by atoms with E-state index < -0.39 is 28.5 Å². The van der Waals surface area contributed by atoms with Gasteiger partial charge in [0.15, 0.2) is 6.61 Å². The molecule has 0 heterocycles. The van der Waals surface area contributed by atoms with Gasteiger partial charge in [-0.2, -0.15) is 5.26 Å². The van der Waals surface area contributed by atoms with E-state index in [9.17, 15) is 18.0 Å². The summed E-state index contributed by atoms with van der Waals surface area (Å²) in [4.78, 5) is 24.6. The number of rotatable bonds is 11. The Kier molecular flexibility index (Phi) is 9.25. The first-order chi connectivity index (χ1) is 12.8. The molecule has 0 aromatic heterocycles. The number of amides is 1. The van der Waals surface area contributed by atoms with Crippen LogP contribution in [0.1, 0.15) is 19.8 Å². The van der Waals surface area contributed by atoms with Crippen molar-refractivity contribution in [1.82, 2.24) is 9.62 Å². The minimum atomic E-state index is -3.76. The first-order valence-electron chi connectivity index (χ1n) is 8.29. The first kappa shape index (κ1) is 22.4. The summed E-state index contributed by atoms with van der Waals surface area (Å²) in [5, 5.41) is 8.46. The Balaban J connectivity index is 2.39. The molecule has 27 heavy (non-hydrogen) atoms. The summed E-state index contributed by atoms with van der Waals surface area (Å²) in [7, 11) is -2.26. The Morgan fingerprint density at radius 2 is 1.93 bits per heavy atom. The number of carbonyl (C=O) groups is 2. The highest BCUT2D eigenvalue weighted by Gasteiger charge is 2.16. The summed E-state index contributed by atoms with van der Waals surface area (Å²) in [6.07, 6.45) is -0.0328. The van der Waals surface area contributed by atoms with Crippen molar-refractivity contribution in [2.45, 2.75) is 24.7 Å². The van der Waals surface area contributed by atoms with Crippen molar-refractivity contribution in [2.75, 3.05) is 33.4 Å². The van der Waals surface area contributed by atoms with Crippen LogP contribution in [0.5, 0.6) is 5.75 Å². The Hall–Kier alpha value is -2.64. The zero-order valence-electron chi connectivity index (χ0n) is 15.3. The van der Waals surface area contributed by atoms with Gasteiger partial charge in [-0.3, -0.25) is 9.59 Å². The number of carbonyl (C=O) groups excluding carboxylic acids is 2. The predicted octanol–water partition coefficient (Wildman–Crippen LogP) is 0.669. The molecule has 0 spiro atoms. The zero-order chi connectivity index (χ0) is 20.3. The Labute approximate surface area is 158 Å². The number of ether oxygens (including phenoxy) is 2. The quantitative estimate of drug-likeness (QED) is 0.544. The SMILES string of the molecule is CCOc1ccc(S(=O)(=O)NCCC(=O)OCC(=O)N(C)CCC#N)cc1. The number of hydrogen-bond acceptors (Lipinski definition) is 7. The van der Waals surface area contributed by atoms with Crippen molar-refractivity contribution >= 4 is 21.9 Å². The van der Waals surface area contributed by atoms with E-state index >= 15 is 0 Å². The van der Waals surface area contributed by atoms with Gasteiger partial charge in [-0.1, -0.05) is 0 Å². The lowest BCUT2D eigenvalue weighted by atomic mass is 10.3. The third-order valence-electron chi connectivity index (χ3n) is 3.41. The summed E-state index contributed by atoms with van der Waals surface area (Å²) < 4.78 is 36.6. The second-order valence-electron chi connectivity index (χ2n) is 5.44. The lowest BCUT2D eigenvalue weighted by Crippen LogP contribution is -2.32. The molecule has 0 unspecified atom stereocenters. The molecular formula is C17H23N3O6S. The minimum Gasteiger partial charge on any atom is -0.494 e. The lowest BCUT2D eigenvalue weighted by Gasteiger charge is -2.15. The van der Waals surface area contributed by atoms with Crippen LogP contribution in [-0.2, 0) is 24.3 Å². The third-order valence-corrected chi connectivity index (χ3v) is 4.88. The molecule has 1 rings (SSSR count). The number of sulfonamides is 1. The summed E-state index contributed by atoms with van der Waals surface area (Å²) in [6, 6.07) is 7.80. The average molecular weight is 397 g/mol. The Bertz CT molecular complexity index is 771. The van der Waals surface area contributed by atoms with Crippen LogP contribution < -0.4 is 9.46 Å². The van der Waals surface area contributed by atoms with Crippen LogP contribution in [0.4, 0.5) is 0 Å². The van der Waals surface area contributed by atoms with Crippen LogP contribution in [0.3, 0.4) is 0 Å². The largest absolute Gasteiger partial charge is 0.494 e. The van der Waals surface area contributed by atoms with Crippen LogP contribution in [0.2, 0.25) is 0 Å². The number of esters is 1. The summed E-state index contributed by atoms with van der Waals surface area (Å²) in [5.74, 6) is -0.579. The van der Waals surface area contributed by atoms with E-state index in [1.807, 2.05) is 13.0 Å². The molecule has 0 bridgehead atoms. The molecule has 0 aliphatic carbocycles. The second-order valence-corrected chi connectivity index (χ2v) is 7.20. The van der Waals surface area contributed by atoms with Gasteiger partial charge in [0.1, 0.15) is 5.75 Å². The topological polar surface area (TPSA) is 126 Å². The molecule has 0 atom stereocenters. The number of nitriles is 1. The van der Waals surface area contributed by atoms with Crippen LogP contribution in [0, 0.1) is 11.3 Å². The van der Waals surface area contributed by atoms with Crippen molar-refractivity contribution in [2.24, 2.45) is 0 Å². The molecule has 1 amide bonds. The highest BCUT2D eigenvalue weighted by atomic mass is 32.2. The van der Waals surface area contributed by atoms with Crippen molar-refractivity contribution in [1.29, 1.82) is 5.26 Å². The van der Waals surface area contributed by atoms with E-state index in [-0.39, 0.29) is 30.8 Å². The van der Waals surface area contributed by atoms with E-state index in [4.69, 9.17) is 14.7 Å². The molecule has 10 heteroatoms. The van der Waals surface area contributed by atoms with Crippen LogP contribution in [0.15, 0.2) is 29.2 Å². The maximum absolute atomic E-state index is 12.1. The predicted molar refractivity (Wildman–Crippen MR) is 96.2 cm³/mol. The molecule has 9 nitrogen and oxygen atoms in total. The highest BCUT2D eigenvalue weighted by molar-refractivity contribution is 7.89. The summed E-state index contributed by atoms with van der Waals surface area (Å²) in [5.41, 5.74) is 0. The van der Waals surface area contributed by atoms with Gasteiger partial charge in [0.2, 0.25) is 10.0 Å². The molecule has 148 valence electrons. The fourth-order valence-corrected chi connectivity index (χ4v) is 2.95. The smallest absolute Gasteiger partial charge is 0.307 e. The van der Waals surface area contributed by atoms with Gasteiger partial charge in [0, 0.05) is 20.1 Å². The van der Waals surface area contributed by atoms with Crippen molar-refractivity contribution < 1.29 is 27.5 Å². The fraction of sp³-hybridized carbons (Fsp3) is 0.471. The standard InChI is InChI=1S/C17H23N3O6S/c1-3-25-14-5-7-15(8-6-14)27(23,24)19-11-9-17(22)26-13-16(21)20(2)12-4-10-18/h5-8,19H,3-4,9,11-13H2,1-2H3. The fourth-order valence-electron chi connectivity index (χ4n) is 1.92. The Morgan fingerprint density at radius 3 is 2.52 bits per heavy atom. The van der Waals surface area contributed by atoms with Crippen LogP contribution in [0.25, 0.3) is 0 Å². The van der Waals surface area contributed by atoms with E-state index in [0.29, 0.717) is 12.4 Å². The second kappa shape index (κ2) is 11.2. The monoisotopic (exact) mass is 397 g/mol. The summed E-state index contributed by atoms with van der Waals surface area (Å²) >= 11 is 0. The van der Waals surface area contributed by atoms with Gasteiger partial charge in [0.05, 0.1) is 30.4 Å². The number of hydrogen-bond donors (Lipinski definition) is 1. The molecule has 0 aliphatic heterocycles. The van der Waals surface area contributed by atoms with E-state index in [2.05, 4.69) is 4.72 Å². The van der Waals surface area contributed by atoms with Gasteiger partial charge in [-0.25, -0.2) is 13.1 Å². The van der Waals surface area contributed by atoms with Crippen LogP contribution >= 0.6 is 0 Å². The molecule has 0 radical (unpaired) electrons. The van der Waals surface area contributed by atoms with Gasteiger partial charge in [0.25, 0.3) is 5.91 Å². The average Bonchev–Trinajstić information content (AvgIpc) is 2.64.